The molecule has 0 bridgehead atoms. The van der Waals surface area contributed by atoms with Gasteiger partial charge in [0, 0.05) is 13.1 Å². The average molecular weight is 275 g/mol. The van der Waals surface area contributed by atoms with Crippen molar-refractivity contribution in [1.82, 2.24) is 4.90 Å². The fourth-order valence-corrected chi connectivity index (χ4v) is 3.41. The number of hydrogen-bond donors (Lipinski definition) is 1. The number of aryl methyl sites for hydroxylation is 1. The molecule has 1 fully saturated rings. The Hall–Kier alpha value is -1.39. The van der Waals surface area contributed by atoms with Gasteiger partial charge in [0.15, 0.2) is 0 Å². The van der Waals surface area contributed by atoms with Gasteiger partial charge in [-0.2, -0.15) is 0 Å². The Labute approximate surface area is 119 Å². The number of hydrogen-bond acceptors (Lipinski definition) is 3. The van der Waals surface area contributed by atoms with E-state index in [4.69, 9.17) is 4.74 Å². The van der Waals surface area contributed by atoms with Crippen molar-refractivity contribution in [3.05, 3.63) is 35.4 Å². The van der Waals surface area contributed by atoms with E-state index in [9.17, 15) is 9.90 Å². The predicted octanol–water partition coefficient (Wildman–Crippen LogP) is 1.89. The first-order chi connectivity index (χ1) is 9.75. The third kappa shape index (κ3) is 2.72. The molecule has 2 aliphatic rings. The van der Waals surface area contributed by atoms with E-state index in [0.29, 0.717) is 19.1 Å². The molecular formula is C16H21NO3. The Morgan fingerprint density at radius 2 is 2.25 bits per heavy atom. The lowest BCUT2D eigenvalue weighted by atomic mass is 9.82. The van der Waals surface area contributed by atoms with Crippen molar-refractivity contribution < 1.29 is 14.6 Å². The lowest BCUT2D eigenvalue weighted by Crippen LogP contribution is -2.51. The summed E-state index contributed by atoms with van der Waals surface area (Å²) in [4.78, 5) is 13.4. The minimum Gasteiger partial charge on any atom is -0.480 e. The number of aliphatic carboxylic acids is 1. The second-order valence-corrected chi connectivity index (χ2v) is 5.71. The van der Waals surface area contributed by atoms with Crippen LogP contribution in [0.2, 0.25) is 0 Å². The van der Waals surface area contributed by atoms with Crippen LogP contribution in [0.3, 0.4) is 0 Å². The highest BCUT2D eigenvalue weighted by Crippen LogP contribution is 2.32. The molecule has 108 valence electrons. The van der Waals surface area contributed by atoms with Crippen molar-refractivity contribution in [2.75, 3.05) is 26.3 Å². The van der Waals surface area contributed by atoms with E-state index in [1.807, 2.05) is 0 Å². The molecule has 4 heteroatoms. The summed E-state index contributed by atoms with van der Waals surface area (Å²) >= 11 is 0. The van der Waals surface area contributed by atoms with Crippen LogP contribution in [0.15, 0.2) is 24.3 Å². The van der Waals surface area contributed by atoms with E-state index in [0.717, 1.165) is 25.9 Å². The Morgan fingerprint density at radius 3 is 3.10 bits per heavy atom. The SMILES string of the molecule is O=C(O)C1COCCN1CC1CCCc2ccccc21. The maximum Gasteiger partial charge on any atom is 0.323 e. The molecule has 1 heterocycles. The van der Waals surface area contributed by atoms with Crippen molar-refractivity contribution in [3.8, 4) is 0 Å². The van der Waals surface area contributed by atoms with E-state index in [-0.39, 0.29) is 0 Å². The molecule has 1 saturated heterocycles. The molecule has 1 aliphatic heterocycles. The number of carboxylic acids is 1. The fraction of sp³-hybridized carbons (Fsp3) is 0.562. The number of morpholine rings is 1. The second kappa shape index (κ2) is 5.94. The third-order valence-electron chi connectivity index (χ3n) is 4.47. The van der Waals surface area contributed by atoms with E-state index in [2.05, 4.69) is 29.2 Å². The minimum absolute atomic E-state index is 0.309. The lowest BCUT2D eigenvalue weighted by Gasteiger charge is -2.37. The summed E-state index contributed by atoms with van der Waals surface area (Å²) in [5.74, 6) is -0.311. The van der Waals surface area contributed by atoms with Crippen molar-refractivity contribution in [2.24, 2.45) is 0 Å². The molecule has 0 spiro atoms. The number of carboxylic acid groups (broad SMARTS) is 1. The van der Waals surface area contributed by atoms with Crippen LogP contribution >= 0.6 is 0 Å². The molecule has 4 nitrogen and oxygen atoms in total. The first-order valence-electron chi connectivity index (χ1n) is 7.38. The third-order valence-corrected chi connectivity index (χ3v) is 4.47. The van der Waals surface area contributed by atoms with Gasteiger partial charge >= 0.3 is 5.97 Å². The fourth-order valence-electron chi connectivity index (χ4n) is 3.41. The Balaban J connectivity index is 1.76. The van der Waals surface area contributed by atoms with Crippen LogP contribution in [0.1, 0.15) is 29.9 Å². The molecule has 2 unspecified atom stereocenters. The van der Waals surface area contributed by atoms with Crippen LogP contribution < -0.4 is 0 Å². The molecule has 1 aromatic carbocycles. The van der Waals surface area contributed by atoms with Crippen LogP contribution in [0.4, 0.5) is 0 Å². The first-order valence-corrected chi connectivity index (χ1v) is 7.38. The van der Waals surface area contributed by atoms with Gasteiger partial charge in [-0.1, -0.05) is 24.3 Å². The smallest absolute Gasteiger partial charge is 0.323 e. The molecule has 0 radical (unpaired) electrons. The van der Waals surface area contributed by atoms with Gasteiger partial charge in [0.05, 0.1) is 13.2 Å². The number of carbonyl (C=O) groups is 1. The van der Waals surface area contributed by atoms with Crippen molar-refractivity contribution in [1.29, 1.82) is 0 Å². The van der Waals surface area contributed by atoms with E-state index >= 15 is 0 Å². The summed E-state index contributed by atoms with van der Waals surface area (Å²) in [6.07, 6.45) is 3.50. The molecule has 0 amide bonds. The second-order valence-electron chi connectivity index (χ2n) is 5.71. The maximum atomic E-state index is 11.3. The van der Waals surface area contributed by atoms with Crippen LogP contribution in [0.5, 0.6) is 0 Å². The largest absolute Gasteiger partial charge is 0.480 e. The Bertz CT molecular complexity index is 488. The summed E-state index contributed by atoms with van der Waals surface area (Å²) in [6.45, 7) is 2.49. The number of rotatable bonds is 3. The first kappa shape index (κ1) is 13.6. The predicted molar refractivity (Wildman–Crippen MR) is 75.9 cm³/mol. The van der Waals surface area contributed by atoms with E-state index < -0.39 is 12.0 Å². The topological polar surface area (TPSA) is 49.8 Å². The number of benzene rings is 1. The van der Waals surface area contributed by atoms with Crippen LogP contribution in [0.25, 0.3) is 0 Å². The highest BCUT2D eigenvalue weighted by molar-refractivity contribution is 5.73. The Morgan fingerprint density at radius 1 is 1.40 bits per heavy atom. The number of nitrogens with zero attached hydrogens (tertiary/aromatic N) is 1. The molecule has 3 rings (SSSR count). The van der Waals surface area contributed by atoms with Gasteiger partial charge in [-0.25, -0.2) is 0 Å². The molecule has 0 aromatic heterocycles. The molecular weight excluding hydrogens is 254 g/mol. The summed E-state index contributed by atoms with van der Waals surface area (Å²) in [7, 11) is 0. The highest BCUT2D eigenvalue weighted by Gasteiger charge is 2.32. The normalized spacial score (nSPS) is 27.0. The van der Waals surface area contributed by atoms with Gasteiger partial charge in [-0.05, 0) is 36.3 Å². The van der Waals surface area contributed by atoms with Gasteiger partial charge in [-0.3, -0.25) is 9.69 Å². The average Bonchev–Trinajstić information content (AvgIpc) is 2.48. The molecule has 20 heavy (non-hydrogen) atoms. The van der Waals surface area contributed by atoms with Crippen molar-refractivity contribution >= 4 is 5.97 Å². The van der Waals surface area contributed by atoms with E-state index in [1.165, 1.54) is 17.5 Å². The zero-order valence-corrected chi connectivity index (χ0v) is 11.6. The Kier molecular flexibility index (Phi) is 4.03. The zero-order chi connectivity index (χ0) is 13.9. The summed E-state index contributed by atoms with van der Waals surface area (Å²) in [6, 6.07) is 8.10. The quantitative estimate of drug-likeness (QED) is 0.915. The van der Waals surface area contributed by atoms with Crippen LogP contribution in [-0.4, -0.2) is 48.3 Å². The highest BCUT2D eigenvalue weighted by atomic mass is 16.5. The number of ether oxygens (including phenoxy) is 1. The maximum absolute atomic E-state index is 11.3. The monoisotopic (exact) mass is 275 g/mol. The summed E-state index contributed by atoms with van der Waals surface area (Å²) in [5.41, 5.74) is 2.85. The number of fused-ring (bicyclic) bond motifs is 1. The summed E-state index contributed by atoms with van der Waals surface area (Å²) < 4.78 is 5.31. The molecule has 1 N–H and O–H groups in total. The molecule has 1 aliphatic carbocycles. The van der Waals surface area contributed by atoms with Gasteiger partial charge in [0.1, 0.15) is 6.04 Å². The van der Waals surface area contributed by atoms with Crippen LogP contribution in [0, 0.1) is 0 Å². The minimum atomic E-state index is -0.770. The van der Waals surface area contributed by atoms with Gasteiger partial charge in [-0.15, -0.1) is 0 Å². The standard InChI is InChI=1S/C16H21NO3/c18-16(19)15-11-20-9-8-17(15)10-13-6-3-5-12-4-1-2-7-14(12)13/h1-2,4,7,13,15H,3,5-6,8-11H2,(H,18,19). The summed E-state index contributed by atoms with van der Waals surface area (Å²) in [5, 5.41) is 9.31. The van der Waals surface area contributed by atoms with Gasteiger partial charge < -0.3 is 9.84 Å². The zero-order valence-electron chi connectivity index (χ0n) is 11.6. The van der Waals surface area contributed by atoms with E-state index in [1.54, 1.807) is 0 Å². The van der Waals surface area contributed by atoms with Crippen molar-refractivity contribution in [2.45, 2.75) is 31.2 Å². The lowest BCUT2D eigenvalue weighted by molar-refractivity contribution is -0.149. The van der Waals surface area contributed by atoms with Gasteiger partial charge in [0.25, 0.3) is 0 Å². The van der Waals surface area contributed by atoms with Crippen molar-refractivity contribution in [3.63, 3.8) is 0 Å². The van der Waals surface area contributed by atoms with Crippen LogP contribution in [-0.2, 0) is 16.0 Å². The molecule has 2 atom stereocenters. The molecule has 1 aromatic rings. The van der Waals surface area contributed by atoms with Gasteiger partial charge in [0.2, 0.25) is 0 Å². The molecule has 0 saturated carbocycles.